The Balaban J connectivity index is 2.20. The fourth-order valence-corrected chi connectivity index (χ4v) is 3.04. The highest BCUT2D eigenvalue weighted by atomic mass is 31.2. The highest BCUT2D eigenvalue weighted by molar-refractivity contribution is 7.48. The van der Waals surface area contributed by atoms with Gasteiger partial charge in [0.15, 0.2) is 0 Å². The fraction of sp³-hybridized carbons (Fsp3) is 0.471. The number of aryl methyl sites for hydroxylation is 1. The third-order valence-electron chi connectivity index (χ3n) is 3.91. The SMILES string of the molecule is COP(=O)(OC)OCOC(=O)n1cc(CCN(C)C)c2cc(C)ccc21. The first-order valence-corrected chi connectivity index (χ1v) is 9.54. The number of carbonyl (C=O) groups is 1. The van der Waals surface area contributed by atoms with Gasteiger partial charge in [-0.15, -0.1) is 0 Å². The molecule has 0 saturated carbocycles. The van der Waals surface area contributed by atoms with Crippen LogP contribution in [-0.2, 0) is 29.3 Å². The molecule has 9 heteroatoms. The Morgan fingerprint density at radius 2 is 1.92 bits per heavy atom. The molecule has 0 fully saturated rings. The predicted molar refractivity (Wildman–Crippen MR) is 98.4 cm³/mol. The predicted octanol–water partition coefficient (Wildman–Crippen LogP) is 3.41. The van der Waals surface area contributed by atoms with Crippen molar-refractivity contribution < 1.29 is 27.7 Å². The Labute approximate surface area is 153 Å². The summed E-state index contributed by atoms with van der Waals surface area (Å²) >= 11 is 0. The molecule has 0 atom stereocenters. The topological polar surface area (TPSA) is 79.2 Å². The lowest BCUT2D eigenvalue weighted by atomic mass is 10.1. The maximum absolute atomic E-state index is 12.4. The monoisotopic (exact) mass is 384 g/mol. The zero-order chi connectivity index (χ0) is 19.3. The number of phosphoric acid groups is 1. The smallest absolute Gasteiger partial charge is 0.421 e. The van der Waals surface area contributed by atoms with Crippen molar-refractivity contribution in [3.63, 3.8) is 0 Å². The zero-order valence-corrected chi connectivity index (χ0v) is 16.6. The van der Waals surface area contributed by atoms with Gasteiger partial charge in [0.25, 0.3) is 0 Å². The highest BCUT2D eigenvalue weighted by Crippen LogP contribution is 2.47. The van der Waals surface area contributed by atoms with Crippen molar-refractivity contribution in [3.8, 4) is 0 Å². The summed E-state index contributed by atoms with van der Waals surface area (Å²) in [7, 11) is 2.68. The van der Waals surface area contributed by atoms with Crippen LogP contribution in [0.15, 0.2) is 24.4 Å². The van der Waals surface area contributed by atoms with Crippen molar-refractivity contribution in [1.82, 2.24) is 9.47 Å². The molecule has 0 aliphatic rings. The minimum Gasteiger partial charge on any atom is -0.421 e. The molecule has 8 nitrogen and oxygen atoms in total. The molecule has 2 rings (SSSR count). The molecule has 0 spiro atoms. The van der Waals surface area contributed by atoms with Gasteiger partial charge in [0.2, 0.25) is 6.79 Å². The molecule has 26 heavy (non-hydrogen) atoms. The number of aromatic nitrogens is 1. The summed E-state index contributed by atoms with van der Waals surface area (Å²) in [4.78, 5) is 14.5. The number of hydrogen-bond acceptors (Lipinski definition) is 7. The van der Waals surface area contributed by atoms with Crippen molar-refractivity contribution in [2.45, 2.75) is 13.3 Å². The molecule has 2 aromatic rings. The van der Waals surface area contributed by atoms with Crippen LogP contribution in [0, 0.1) is 6.92 Å². The Kier molecular flexibility index (Phi) is 6.97. The van der Waals surface area contributed by atoms with Crippen molar-refractivity contribution in [1.29, 1.82) is 0 Å². The summed E-state index contributed by atoms with van der Waals surface area (Å²) in [6.45, 7) is 2.32. The summed E-state index contributed by atoms with van der Waals surface area (Å²) in [5.74, 6) is 0. The first kappa shape index (κ1) is 20.6. The van der Waals surface area contributed by atoms with Gasteiger partial charge < -0.3 is 9.64 Å². The van der Waals surface area contributed by atoms with Crippen LogP contribution in [0.2, 0.25) is 0 Å². The maximum atomic E-state index is 12.4. The van der Waals surface area contributed by atoms with Crippen LogP contribution >= 0.6 is 7.82 Å². The third kappa shape index (κ3) is 4.93. The lowest BCUT2D eigenvalue weighted by Gasteiger charge is -2.13. The lowest BCUT2D eigenvalue weighted by molar-refractivity contribution is 0.0319. The van der Waals surface area contributed by atoms with Crippen molar-refractivity contribution >= 4 is 24.8 Å². The van der Waals surface area contributed by atoms with Crippen LogP contribution in [0.3, 0.4) is 0 Å². The summed E-state index contributed by atoms with van der Waals surface area (Å²) in [5.41, 5.74) is 2.91. The van der Waals surface area contributed by atoms with E-state index in [0.29, 0.717) is 0 Å². The van der Waals surface area contributed by atoms with E-state index in [1.165, 1.54) is 18.8 Å². The first-order valence-electron chi connectivity index (χ1n) is 8.08. The van der Waals surface area contributed by atoms with Gasteiger partial charge in [-0.25, -0.2) is 13.9 Å². The molecule has 0 N–H and O–H groups in total. The number of fused-ring (bicyclic) bond motifs is 1. The number of nitrogens with zero attached hydrogens (tertiary/aromatic N) is 2. The number of hydrogen-bond donors (Lipinski definition) is 0. The molecule has 144 valence electrons. The minimum absolute atomic E-state index is 0.545. The van der Waals surface area contributed by atoms with E-state index in [9.17, 15) is 9.36 Å². The van der Waals surface area contributed by atoms with Crippen LogP contribution < -0.4 is 0 Å². The normalized spacial score (nSPS) is 12.1. The average molecular weight is 384 g/mol. The maximum Gasteiger partial charge on any atom is 0.477 e. The molecule has 0 aliphatic carbocycles. The highest BCUT2D eigenvalue weighted by Gasteiger charge is 2.24. The largest absolute Gasteiger partial charge is 0.477 e. The van der Waals surface area contributed by atoms with E-state index in [2.05, 4.69) is 13.9 Å². The molecule has 1 heterocycles. The van der Waals surface area contributed by atoms with Gasteiger partial charge in [0.1, 0.15) is 0 Å². The number of rotatable bonds is 8. The summed E-state index contributed by atoms with van der Waals surface area (Å²) in [6, 6.07) is 5.86. The number of benzene rings is 1. The second kappa shape index (κ2) is 8.79. The number of likely N-dealkylation sites (N-methyl/N-ethyl adjacent to an activating group) is 1. The van der Waals surface area contributed by atoms with Crippen LogP contribution in [0.4, 0.5) is 4.79 Å². The van der Waals surface area contributed by atoms with Crippen molar-refractivity contribution in [2.75, 3.05) is 41.7 Å². The number of phosphoric ester groups is 1. The van der Waals surface area contributed by atoms with Gasteiger partial charge in [0, 0.05) is 32.3 Å². The van der Waals surface area contributed by atoms with E-state index in [0.717, 1.165) is 35.0 Å². The van der Waals surface area contributed by atoms with Crippen LogP contribution in [0.1, 0.15) is 11.1 Å². The second-order valence-electron chi connectivity index (χ2n) is 6.07. The van der Waals surface area contributed by atoms with Gasteiger partial charge in [-0.2, -0.15) is 0 Å². The van der Waals surface area contributed by atoms with Gasteiger partial charge in [-0.3, -0.25) is 13.6 Å². The van der Waals surface area contributed by atoms with E-state index in [1.807, 2.05) is 39.2 Å². The molecule has 1 aromatic heterocycles. The molecular formula is C17H25N2O6P. The molecule has 0 saturated heterocycles. The van der Waals surface area contributed by atoms with E-state index in [1.54, 1.807) is 6.20 Å². The molecule has 1 aromatic carbocycles. The van der Waals surface area contributed by atoms with Gasteiger partial charge in [-0.05, 0) is 45.1 Å². The quantitative estimate of drug-likeness (QED) is 0.510. The Hall–Kier alpha value is -1.70. The van der Waals surface area contributed by atoms with Crippen LogP contribution in [0.25, 0.3) is 10.9 Å². The third-order valence-corrected chi connectivity index (χ3v) is 5.22. The van der Waals surface area contributed by atoms with Crippen LogP contribution in [-0.4, -0.2) is 57.2 Å². The first-order chi connectivity index (χ1) is 12.3. The minimum atomic E-state index is -3.69. The molecular weight excluding hydrogens is 359 g/mol. The number of carbonyl (C=O) groups excluding carboxylic acids is 1. The Morgan fingerprint density at radius 3 is 2.54 bits per heavy atom. The standard InChI is InChI=1S/C17H25N2O6P/c1-13-6-7-16-15(10-13)14(8-9-18(2)3)11-19(16)17(20)24-12-25-26(21,22-4)23-5/h6-7,10-11H,8-9,12H2,1-5H3. The molecule has 0 amide bonds. The van der Waals surface area contributed by atoms with Crippen molar-refractivity contribution in [2.24, 2.45) is 0 Å². The zero-order valence-electron chi connectivity index (χ0n) is 15.7. The van der Waals surface area contributed by atoms with E-state index in [4.69, 9.17) is 9.26 Å². The van der Waals surface area contributed by atoms with Gasteiger partial charge in [0.05, 0.1) is 5.52 Å². The van der Waals surface area contributed by atoms with Gasteiger partial charge in [-0.1, -0.05) is 11.6 Å². The van der Waals surface area contributed by atoms with E-state index >= 15 is 0 Å². The number of ether oxygens (including phenoxy) is 1. The molecule has 0 unspecified atom stereocenters. The summed E-state index contributed by atoms with van der Waals surface area (Å²) in [6.07, 6.45) is 1.93. The van der Waals surface area contributed by atoms with Gasteiger partial charge >= 0.3 is 13.9 Å². The molecule has 0 bridgehead atoms. The molecule has 0 aliphatic heterocycles. The van der Waals surface area contributed by atoms with Crippen molar-refractivity contribution in [3.05, 3.63) is 35.5 Å². The summed E-state index contributed by atoms with van der Waals surface area (Å²) < 4.78 is 32.4. The van der Waals surface area contributed by atoms with E-state index in [-0.39, 0.29) is 0 Å². The second-order valence-corrected chi connectivity index (χ2v) is 7.95. The lowest BCUT2D eigenvalue weighted by Crippen LogP contribution is -2.16. The summed E-state index contributed by atoms with van der Waals surface area (Å²) in [5, 5.41) is 1.00. The molecule has 0 radical (unpaired) electrons. The Bertz CT molecular complexity index is 809. The average Bonchev–Trinajstić information content (AvgIpc) is 2.97. The van der Waals surface area contributed by atoms with Crippen LogP contribution in [0.5, 0.6) is 0 Å². The Morgan fingerprint density at radius 1 is 1.23 bits per heavy atom. The fourth-order valence-electron chi connectivity index (χ4n) is 2.50. The van der Waals surface area contributed by atoms with E-state index < -0.39 is 20.7 Å².